The van der Waals surface area contributed by atoms with E-state index in [2.05, 4.69) is 42.5 Å². The maximum absolute atomic E-state index is 2.66. The van der Waals surface area contributed by atoms with Crippen LogP contribution in [0.25, 0.3) is 21.5 Å². The van der Waals surface area contributed by atoms with Crippen molar-refractivity contribution in [1.29, 1.82) is 0 Å². The van der Waals surface area contributed by atoms with Gasteiger partial charge in [0.15, 0.2) is 0 Å². The monoisotopic (exact) mass is 382 g/mol. The summed E-state index contributed by atoms with van der Waals surface area (Å²) in [5, 5.41) is 6.38. The molecule has 3 saturated carbocycles. The Morgan fingerprint density at radius 1 is 0.448 bits per heavy atom. The van der Waals surface area contributed by atoms with Crippen LogP contribution in [0.1, 0.15) is 111 Å². The fourth-order valence-corrected chi connectivity index (χ4v) is 7.08. The van der Waals surface area contributed by atoms with Gasteiger partial charge < -0.3 is 0 Å². The van der Waals surface area contributed by atoms with Gasteiger partial charge in [-0.05, 0) is 94.5 Å². The van der Waals surface area contributed by atoms with Gasteiger partial charge in [0.1, 0.15) is 0 Å². The first-order valence-corrected chi connectivity index (χ1v) is 12.4. The van der Waals surface area contributed by atoms with Crippen molar-refractivity contribution in [3.8, 4) is 0 Å². The van der Waals surface area contributed by atoms with Gasteiger partial charge in [-0.2, -0.15) is 0 Å². The van der Waals surface area contributed by atoms with E-state index in [0.717, 1.165) is 17.8 Å². The Hall–Kier alpha value is -1.82. The molecular weight excluding hydrogens is 348 g/mol. The van der Waals surface area contributed by atoms with E-state index in [1.165, 1.54) is 77.0 Å². The van der Waals surface area contributed by atoms with E-state index >= 15 is 0 Å². The molecule has 0 unspecified atom stereocenters. The lowest BCUT2D eigenvalue weighted by molar-refractivity contribution is 0.719. The van der Waals surface area contributed by atoms with Gasteiger partial charge in [0.25, 0.3) is 0 Å². The van der Waals surface area contributed by atoms with Crippen LogP contribution in [0.5, 0.6) is 0 Å². The van der Waals surface area contributed by atoms with Crippen molar-refractivity contribution in [2.45, 2.75) is 94.8 Å². The highest BCUT2D eigenvalue weighted by Crippen LogP contribution is 2.48. The molecule has 0 heteroatoms. The second kappa shape index (κ2) is 7.46. The molecule has 0 saturated heterocycles. The maximum atomic E-state index is 2.66. The van der Waals surface area contributed by atoms with Crippen LogP contribution in [0.2, 0.25) is 0 Å². The molecule has 0 radical (unpaired) electrons. The Labute approximate surface area is 175 Å². The third-order valence-corrected chi connectivity index (χ3v) is 8.48. The lowest BCUT2D eigenvalue weighted by atomic mass is 9.80. The first kappa shape index (κ1) is 18.0. The van der Waals surface area contributed by atoms with E-state index in [4.69, 9.17) is 0 Å². The largest absolute Gasteiger partial charge is 0.0616 e. The van der Waals surface area contributed by atoms with Gasteiger partial charge in [-0.15, -0.1) is 0 Å². The van der Waals surface area contributed by atoms with Crippen LogP contribution in [-0.2, 0) is 0 Å². The maximum Gasteiger partial charge on any atom is -0.0137 e. The summed E-state index contributed by atoms with van der Waals surface area (Å²) in [5.74, 6) is 2.33. The minimum atomic E-state index is 0.761. The normalized spacial score (nSPS) is 21.8. The van der Waals surface area contributed by atoms with Crippen LogP contribution in [-0.4, -0.2) is 0 Å². The number of fused-ring (bicyclic) bond motifs is 2. The average molecular weight is 383 g/mol. The molecule has 0 atom stereocenters. The molecule has 3 aromatic carbocycles. The molecule has 150 valence electrons. The Morgan fingerprint density at radius 2 is 0.897 bits per heavy atom. The zero-order valence-electron chi connectivity index (χ0n) is 17.8. The van der Waals surface area contributed by atoms with Crippen LogP contribution >= 0.6 is 0 Å². The van der Waals surface area contributed by atoms with Crippen molar-refractivity contribution in [2.75, 3.05) is 0 Å². The Bertz CT molecular complexity index is 1020. The summed E-state index contributed by atoms with van der Waals surface area (Å²) in [6, 6.07) is 17.1. The van der Waals surface area contributed by atoms with Gasteiger partial charge in [-0.25, -0.2) is 0 Å². The predicted molar refractivity (Wildman–Crippen MR) is 125 cm³/mol. The van der Waals surface area contributed by atoms with Crippen molar-refractivity contribution in [1.82, 2.24) is 0 Å². The number of hydrogen-bond donors (Lipinski definition) is 0. The lowest BCUT2D eigenvalue weighted by Gasteiger charge is -2.24. The van der Waals surface area contributed by atoms with Crippen molar-refractivity contribution in [3.05, 3.63) is 59.2 Å². The van der Waals surface area contributed by atoms with Gasteiger partial charge >= 0.3 is 0 Å². The number of rotatable bonds is 3. The highest BCUT2D eigenvalue weighted by atomic mass is 14.3. The van der Waals surface area contributed by atoms with Crippen molar-refractivity contribution < 1.29 is 0 Å². The van der Waals surface area contributed by atoms with Crippen molar-refractivity contribution in [2.24, 2.45) is 0 Å². The van der Waals surface area contributed by atoms with Crippen molar-refractivity contribution in [3.63, 3.8) is 0 Å². The SMILES string of the molecule is c1ccc2c(C3CCCC3)c3cc(C4CCCC4)ccc3c(C3CCCC3)c2c1. The van der Waals surface area contributed by atoms with E-state index in [9.17, 15) is 0 Å². The first-order chi connectivity index (χ1) is 14.4. The first-order valence-electron chi connectivity index (χ1n) is 12.4. The molecule has 0 heterocycles. The lowest BCUT2D eigenvalue weighted by Crippen LogP contribution is -2.03. The topological polar surface area (TPSA) is 0 Å². The minimum Gasteiger partial charge on any atom is -0.0616 e. The fourth-order valence-electron chi connectivity index (χ4n) is 7.08. The van der Waals surface area contributed by atoms with Crippen LogP contribution < -0.4 is 0 Å². The van der Waals surface area contributed by atoms with Gasteiger partial charge in [0, 0.05) is 0 Å². The van der Waals surface area contributed by atoms with Crippen molar-refractivity contribution >= 4 is 21.5 Å². The zero-order valence-corrected chi connectivity index (χ0v) is 17.8. The molecule has 0 nitrogen and oxygen atoms in total. The highest BCUT2D eigenvalue weighted by molar-refractivity contribution is 6.07. The molecule has 6 rings (SSSR count). The third-order valence-electron chi connectivity index (χ3n) is 8.48. The number of benzene rings is 3. The smallest absolute Gasteiger partial charge is 0.0137 e. The minimum absolute atomic E-state index is 0.761. The summed E-state index contributed by atoms with van der Waals surface area (Å²) in [6.07, 6.45) is 16.8. The molecule has 0 aliphatic heterocycles. The van der Waals surface area contributed by atoms with Crippen LogP contribution in [0, 0.1) is 0 Å². The van der Waals surface area contributed by atoms with Crippen LogP contribution in [0.3, 0.4) is 0 Å². The second-order valence-corrected chi connectivity index (χ2v) is 10.1. The van der Waals surface area contributed by atoms with E-state index in [-0.39, 0.29) is 0 Å². The summed E-state index contributed by atoms with van der Waals surface area (Å²) in [7, 11) is 0. The molecule has 3 aromatic rings. The molecule has 3 aliphatic carbocycles. The molecule has 0 bridgehead atoms. The van der Waals surface area contributed by atoms with Gasteiger partial charge in [-0.1, -0.05) is 81.0 Å². The Morgan fingerprint density at radius 3 is 1.45 bits per heavy atom. The van der Waals surface area contributed by atoms with Gasteiger partial charge in [-0.3, -0.25) is 0 Å². The summed E-state index contributed by atoms with van der Waals surface area (Å²) in [5.41, 5.74) is 5.02. The van der Waals surface area contributed by atoms with E-state index in [0.29, 0.717) is 0 Å². The number of hydrogen-bond acceptors (Lipinski definition) is 0. The fraction of sp³-hybridized carbons (Fsp3) is 0.517. The van der Waals surface area contributed by atoms with E-state index < -0.39 is 0 Å². The van der Waals surface area contributed by atoms with E-state index in [1.54, 1.807) is 38.2 Å². The van der Waals surface area contributed by atoms with Crippen LogP contribution in [0.4, 0.5) is 0 Å². The molecular formula is C29H34. The Balaban J connectivity index is 1.66. The van der Waals surface area contributed by atoms with E-state index in [1.807, 2.05) is 0 Å². The summed E-state index contributed by atoms with van der Waals surface area (Å²) >= 11 is 0. The third kappa shape index (κ3) is 3.02. The molecule has 0 N–H and O–H groups in total. The second-order valence-electron chi connectivity index (χ2n) is 10.1. The molecule has 3 aliphatic rings. The van der Waals surface area contributed by atoms with Crippen LogP contribution in [0.15, 0.2) is 42.5 Å². The summed E-state index contributed by atoms with van der Waals surface area (Å²) in [4.78, 5) is 0. The quantitative estimate of drug-likeness (QED) is 0.396. The van der Waals surface area contributed by atoms with Gasteiger partial charge in [0.05, 0.1) is 0 Å². The molecule has 3 fully saturated rings. The predicted octanol–water partition coefficient (Wildman–Crippen LogP) is 8.97. The molecule has 29 heavy (non-hydrogen) atoms. The molecule has 0 spiro atoms. The van der Waals surface area contributed by atoms with Gasteiger partial charge in [0.2, 0.25) is 0 Å². The summed E-state index contributed by atoms with van der Waals surface area (Å²) in [6.45, 7) is 0. The standard InChI is InChI=1S/C29H34/c1-2-10-20(9-1)23-17-18-26-27(19-23)29(22-13-5-6-14-22)25-16-8-7-15-24(25)28(26)21-11-3-4-12-21/h7-8,15-22H,1-6,9-14H2. The Kier molecular flexibility index (Phi) is 4.63. The summed E-state index contributed by atoms with van der Waals surface area (Å²) < 4.78 is 0. The zero-order chi connectivity index (χ0) is 19.2. The molecule has 0 aromatic heterocycles. The molecule has 0 amide bonds. The highest BCUT2D eigenvalue weighted by Gasteiger charge is 2.28. The average Bonchev–Trinajstić information content (AvgIpc) is 3.55.